The highest BCUT2D eigenvalue weighted by atomic mass is 35.5. The number of rotatable bonds is 8. The molecule has 0 bridgehead atoms. The molecule has 10 nitrogen and oxygen atoms in total. The van der Waals surface area contributed by atoms with Gasteiger partial charge in [-0.05, 0) is 50.6 Å². The Morgan fingerprint density at radius 3 is 2.50 bits per heavy atom. The summed E-state index contributed by atoms with van der Waals surface area (Å²) < 4.78 is 6.09. The fourth-order valence-electron chi connectivity index (χ4n) is 5.57. The number of hydrogen-bond donors (Lipinski definition) is 1. The summed E-state index contributed by atoms with van der Waals surface area (Å²) in [6.45, 7) is 11.6. The van der Waals surface area contributed by atoms with E-state index in [1.165, 1.54) is 0 Å². The van der Waals surface area contributed by atoms with Crippen molar-refractivity contribution in [3.8, 4) is 11.5 Å². The van der Waals surface area contributed by atoms with Gasteiger partial charge in [0.05, 0.1) is 6.04 Å². The predicted octanol–water partition coefficient (Wildman–Crippen LogP) is 4.88. The van der Waals surface area contributed by atoms with E-state index in [4.69, 9.17) is 21.3 Å². The molecule has 3 amide bonds. The van der Waals surface area contributed by atoms with Crippen LogP contribution in [0.1, 0.15) is 37.7 Å². The SMILES string of the molecule is CCNC(=O)N(c1cccc(Oc2cccc(Cl)c2)c1)C1CCN(CCN2CCN(C(C)=O)CC2)c2nc(C)ncc21. The number of carbonyl (C=O) groups is 2. The van der Waals surface area contributed by atoms with Crippen molar-refractivity contribution in [1.82, 2.24) is 25.1 Å². The Labute approximate surface area is 252 Å². The minimum Gasteiger partial charge on any atom is -0.457 e. The molecule has 1 saturated heterocycles. The molecular weight excluding hydrogens is 554 g/mol. The largest absolute Gasteiger partial charge is 0.457 e. The molecule has 1 atom stereocenters. The Morgan fingerprint density at radius 1 is 1.05 bits per heavy atom. The number of ether oxygens (including phenoxy) is 1. The van der Waals surface area contributed by atoms with Crippen molar-refractivity contribution in [1.29, 1.82) is 0 Å². The van der Waals surface area contributed by atoms with Crippen molar-refractivity contribution in [2.24, 2.45) is 0 Å². The van der Waals surface area contributed by atoms with E-state index in [0.29, 0.717) is 41.0 Å². The lowest BCUT2D eigenvalue weighted by Gasteiger charge is -2.41. The molecule has 42 heavy (non-hydrogen) atoms. The molecule has 0 radical (unpaired) electrons. The number of benzene rings is 2. The minimum absolute atomic E-state index is 0.135. The smallest absolute Gasteiger partial charge is 0.322 e. The second-order valence-corrected chi connectivity index (χ2v) is 11.0. The zero-order chi connectivity index (χ0) is 29.6. The zero-order valence-corrected chi connectivity index (χ0v) is 25.2. The van der Waals surface area contributed by atoms with E-state index >= 15 is 0 Å². The average molecular weight is 592 g/mol. The molecule has 2 aliphatic rings. The van der Waals surface area contributed by atoms with Crippen LogP contribution in [0.4, 0.5) is 16.3 Å². The van der Waals surface area contributed by atoms with Crippen LogP contribution in [-0.2, 0) is 4.79 Å². The summed E-state index contributed by atoms with van der Waals surface area (Å²) in [5.74, 6) is 2.91. The third-order valence-electron chi connectivity index (χ3n) is 7.74. The van der Waals surface area contributed by atoms with Crippen LogP contribution in [-0.4, -0.2) is 84.1 Å². The van der Waals surface area contributed by atoms with Crippen molar-refractivity contribution in [3.63, 3.8) is 0 Å². The van der Waals surface area contributed by atoms with Gasteiger partial charge in [0.2, 0.25) is 5.91 Å². The van der Waals surface area contributed by atoms with Gasteiger partial charge in [0.1, 0.15) is 23.1 Å². The first-order chi connectivity index (χ1) is 20.3. The third kappa shape index (κ3) is 6.94. The van der Waals surface area contributed by atoms with Crippen LogP contribution >= 0.6 is 11.6 Å². The molecule has 2 aliphatic heterocycles. The number of halogens is 1. The maximum atomic E-state index is 13.6. The van der Waals surface area contributed by atoms with Crippen molar-refractivity contribution in [2.45, 2.75) is 33.2 Å². The number of urea groups is 1. The fraction of sp³-hybridized carbons (Fsp3) is 0.419. The first kappa shape index (κ1) is 29.6. The number of carbonyl (C=O) groups excluding carboxylic acids is 2. The van der Waals surface area contributed by atoms with Gasteiger partial charge < -0.3 is 19.9 Å². The van der Waals surface area contributed by atoms with Gasteiger partial charge in [0.25, 0.3) is 0 Å². The highest BCUT2D eigenvalue weighted by Gasteiger charge is 2.35. The number of nitrogens with one attached hydrogen (secondary N) is 1. The number of aromatic nitrogens is 2. The monoisotopic (exact) mass is 591 g/mol. The number of nitrogens with zero attached hydrogens (tertiary/aromatic N) is 6. The van der Waals surface area contributed by atoms with Crippen molar-refractivity contribution in [2.75, 3.05) is 62.2 Å². The summed E-state index contributed by atoms with van der Waals surface area (Å²) in [6.07, 6.45) is 2.58. The number of aryl methyl sites for hydroxylation is 1. The quantitative estimate of drug-likeness (QED) is 0.399. The molecule has 3 aromatic rings. The standard InChI is InChI=1S/C31H38ClN7O3/c1-4-33-31(41)39(25-8-6-10-27(20-25)42-26-9-5-7-24(32)19-26)29-11-12-38(30-28(29)21-34-22(2)35-30)18-15-36-13-16-37(17-14-36)23(3)40/h5-10,19-21,29H,4,11-18H2,1-3H3,(H,33,41). The Morgan fingerprint density at radius 2 is 1.79 bits per heavy atom. The number of piperazine rings is 1. The van der Waals surface area contributed by atoms with E-state index in [0.717, 1.165) is 57.2 Å². The molecule has 1 aromatic heterocycles. The van der Waals surface area contributed by atoms with E-state index in [1.54, 1.807) is 24.0 Å². The molecule has 1 N–H and O–H groups in total. The maximum absolute atomic E-state index is 13.6. The second kappa shape index (κ2) is 13.4. The van der Waals surface area contributed by atoms with Crippen LogP contribution < -0.4 is 19.9 Å². The van der Waals surface area contributed by atoms with Crippen LogP contribution in [0.5, 0.6) is 11.5 Å². The van der Waals surface area contributed by atoms with Crippen molar-refractivity contribution in [3.05, 3.63) is 71.1 Å². The van der Waals surface area contributed by atoms with E-state index < -0.39 is 0 Å². The summed E-state index contributed by atoms with van der Waals surface area (Å²) in [4.78, 5) is 43.1. The minimum atomic E-state index is -0.260. The first-order valence-corrected chi connectivity index (χ1v) is 14.9. The van der Waals surface area contributed by atoms with Gasteiger partial charge in [-0.25, -0.2) is 14.8 Å². The molecule has 2 aromatic carbocycles. The highest BCUT2D eigenvalue weighted by Crippen LogP contribution is 2.39. The van der Waals surface area contributed by atoms with Gasteiger partial charge >= 0.3 is 6.03 Å². The molecule has 3 heterocycles. The van der Waals surface area contributed by atoms with E-state index in [1.807, 2.05) is 61.3 Å². The number of hydrogen-bond acceptors (Lipinski definition) is 7. The second-order valence-electron chi connectivity index (χ2n) is 10.6. The normalized spacial score (nSPS) is 17.0. The van der Waals surface area contributed by atoms with Crippen LogP contribution in [0, 0.1) is 6.92 Å². The number of amides is 3. The van der Waals surface area contributed by atoms with Gasteiger partial charge in [-0.3, -0.25) is 14.6 Å². The predicted molar refractivity (Wildman–Crippen MR) is 165 cm³/mol. The van der Waals surface area contributed by atoms with Crippen molar-refractivity contribution >= 4 is 35.0 Å². The van der Waals surface area contributed by atoms with E-state index in [2.05, 4.69) is 20.1 Å². The molecule has 1 unspecified atom stereocenters. The topological polar surface area (TPSA) is 94.1 Å². The van der Waals surface area contributed by atoms with Gasteiger partial charge in [0.15, 0.2) is 0 Å². The molecule has 5 rings (SSSR count). The average Bonchev–Trinajstić information content (AvgIpc) is 2.97. The van der Waals surface area contributed by atoms with Gasteiger partial charge in [-0.1, -0.05) is 23.7 Å². The molecule has 222 valence electrons. The van der Waals surface area contributed by atoms with Crippen LogP contribution in [0.25, 0.3) is 0 Å². The van der Waals surface area contributed by atoms with Gasteiger partial charge in [0, 0.05) is 87.8 Å². The summed E-state index contributed by atoms with van der Waals surface area (Å²) in [7, 11) is 0. The highest BCUT2D eigenvalue weighted by molar-refractivity contribution is 6.30. The van der Waals surface area contributed by atoms with E-state index in [9.17, 15) is 9.59 Å². The number of fused-ring (bicyclic) bond motifs is 1. The Kier molecular flexibility index (Phi) is 9.44. The fourth-order valence-corrected chi connectivity index (χ4v) is 5.75. The van der Waals surface area contributed by atoms with Gasteiger partial charge in [-0.2, -0.15) is 0 Å². The first-order valence-electron chi connectivity index (χ1n) is 14.5. The lowest BCUT2D eigenvalue weighted by atomic mass is 9.98. The van der Waals surface area contributed by atoms with Crippen LogP contribution in [0.2, 0.25) is 5.02 Å². The third-order valence-corrected chi connectivity index (χ3v) is 7.97. The molecule has 0 spiro atoms. The Bertz CT molecular complexity index is 1410. The Hall–Kier alpha value is -3.89. The molecular formula is C31H38ClN7O3. The number of anilines is 2. The molecule has 1 fully saturated rings. The lowest BCUT2D eigenvalue weighted by Crippen LogP contribution is -2.51. The lowest BCUT2D eigenvalue weighted by molar-refractivity contribution is -0.130. The van der Waals surface area contributed by atoms with Crippen LogP contribution in [0.15, 0.2) is 54.7 Å². The molecule has 11 heteroatoms. The molecule has 0 aliphatic carbocycles. The maximum Gasteiger partial charge on any atom is 0.322 e. The van der Waals surface area contributed by atoms with Gasteiger partial charge in [-0.15, -0.1) is 0 Å². The zero-order valence-electron chi connectivity index (χ0n) is 24.4. The van der Waals surface area contributed by atoms with E-state index in [-0.39, 0.29) is 18.0 Å². The molecule has 0 saturated carbocycles. The summed E-state index contributed by atoms with van der Waals surface area (Å²) in [5, 5.41) is 3.58. The van der Waals surface area contributed by atoms with Crippen LogP contribution in [0.3, 0.4) is 0 Å². The summed E-state index contributed by atoms with van der Waals surface area (Å²) >= 11 is 6.15. The Balaban J connectivity index is 1.38. The summed E-state index contributed by atoms with van der Waals surface area (Å²) in [6, 6.07) is 14.3. The summed E-state index contributed by atoms with van der Waals surface area (Å²) in [5.41, 5.74) is 1.63. The van der Waals surface area contributed by atoms with Crippen molar-refractivity contribution < 1.29 is 14.3 Å².